The molecule has 2 unspecified atom stereocenters. The van der Waals surface area contributed by atoms with Gasteiger partial charge in [0.25, 0.3) is 0 Å². The maximum atomic E-state index is 5.92. The van der Waals surface area contributed by atoms with Gasteiger partial charge in [0, 0.05) is 0 Å². The molecule has 0 radical (unpaired) electrons. The van der Waals surface area contributed by atoms with Crippen LogP contribution in [0.25, 0.3) is 0 Å². The smallest absolute Gasteiger partial charge is 0.135 e. The molecule has 0 amide bonds. The van der Waals surface area contributed by atoms with Crippen LogP contribution in [0.15, 0.2) is 48.5 Å². The molecule has 0 aromatic heterocycles. The van der Waals surface area contributed by atoms with Gasteiger partial charge in [0.15, 0.2) is 0 Å². The normalized spacial score (nSPS) is 22.6. The first-order valence-electron chi connectivity index (χ1n) is 6.74. The summed E-state index contributed by atoms with van der Waals surface area (Å²) >= 11 is 0. The van der Waals surface area contributed by atoms with Crippen LogP contribution in [-0.4, -0.2) is 6.61 Å². The van der Waals surface area contributed by atoms with Crippen LogP contribution in [0.1, 0.15) is 34.5 Å². The zero-order valence-corrected chi connectivity index (χ0v) is 11.4. The average Bonchev–Trinajstić information content (AvgIpc) is 2.89. The van der Waals surface area contributed by atoms with Gasteiger partial charge in [-0.05, 0) is 30.5 Å². The second kappa shape index (κ2) is 5.16. The molecule has 1 saturated heterocycles. The third kappa shape index (κ3) is 2.55. The summed E-state index contributed by atoms with van der Waals surface area (Å²) in [6.07, 6.45) is 0.00538. The van der Waals surface area contributed by atoms with Crippen molar-refractivity contribution in [1.29, 1.82) is 0 Å². The summed E-state index contributed by atoms with van der Waals surface area (Å²) in [5, 5.41) is 3.56. The first-order chi connectivity index (χ1) is 9.24. The van der Waals surface area contributed by atoms with E-state index < -0.39 is 0 Å². The van der Waals surface area contributed by atoms with E-state index in [0.29, 0.717) is 0 Å². The molecule has 19 heavy (non-hydrogen) atoms. The monoisotopic (exact) mass is 253 g/mol. The second-order valence-corrected chi connectivity index (χ2v) is 5.20. The molecule has 1 aliphatic rings. The van der Waals surface area contributed by atoms with E-state index in [4.69, 9.17) is 4.74 Å². The summed E-state index contributed by atoms with van der Waals surface area (Å²) in [6.45, 7) is 4.98. The topological polar surface area (TPSA) is 21.3 Å². The molecule has 0 saturated carbocycles. The van der Waals surface area contributed by atoms with Gasteiger partial charge >= 0.3 is 0 Å². The third-order valence-corrected chi connectivity index (χ3v) is 3.69. The van der Waals surface area contributed by atoms with E-state index in [1.54, 1.807) is 0 Å². The van der Waals surface area contributed by atoms with Crippen LogP contribution in [0.5, 0.6) is 0 Å². The Morgan fingerprint density at radius 2 is 1.84 bits per heavy atom. The van der Waals surface area contributed by atoms with Gasteiger partial charge in [-0.1, -0.05) is 54.1 Å². The Kier molecular flexibility index (Phi) is 3.36. The molecule has 2 atom stereocenters. The van der Waals surface area contributed by atoms with Gasteiger partial charge in [-0.15, -0.1) is 0 Å². The SMILES string of the molecule is Cc1ccc(C2NC(c3ccccc3)CO2)c(C)c1. The Labute approximate surface area is 114 Å². The number of hydrogen-bond acceptors (Lipinski definition) is 2. The summed E-state index contributed by atoms with van der Waals surface area (Å²) in [7, 11) is 0. The zero-order chi connectivity index (χ0) is 13.2. The van der Waals surface area contributed by atoms with Crippen LogP contribution in [0.4, 0.5) is 0 Å². The van der Waals surface area contributed by atoms with E-state index in [1.165, 1.54) is 22.3 Å². The minimum atomic E-state index is 0.00538. The van der Waals surface area contributed by atoms with Crippen LogP contribution in [0, 0.1) is 13.8 Å². The van der Waals surface area contributed by atoms with Crippen LogP contribution in [0.2, 0.25) is 0 Å². The minimum absolute atomic E-state index is 0.00538. The fourth-order valence-electron chi connectivity index (χ4n) is 2.65. The van der Waals surface area contributed by atoms with Crippen molar-refractivity contribution in [2.45, 2.75) is 26.1 Å². The molecule has 1 aliphatic heterocycles. The van der Waals surface area contributed by atoms with Crippen LogP contribution < -0.4 is 5.32 Å². The number of rotatable bonds is 2. The van der Waals surface area contributed by atoms with E-state index >= 15 is 0 Å². The zero-order valence-electron chi connectivity index (χ0n) is 11.4. The fourth-order valence-corrected chi connectivity index (χ4v) is 2.65. The molecular formula is C17H19NO. The van der Waals surface area contributed by atoms with E-state index in [0.717, 1.165) is 6.61 Å². The lowest BCUT2D eigenvalue weighted by atomic mass is 10.0. The van der Waals surface area contributed by atoms with Crippen molar-refractivity contribution in [2.75, 3.05) is 6.61 Å². The highest BCUT2D eigenvalue weighted by atomic mass is 16.5. The second-order valence-electron chi connectivity index (χ2n) is 5.20. The van der Waals surface area contributed by atoms with Gasteiger partial charge in [0.2, 0.25) is 0 Å². The van der Waals surface area contributed by atoms with Crippen molar-refractivity contribution in [2.24, 2.45) is 0 Å². The summed E-state index contributed by atoms with van der Waals surface area (Å²) in [4.78, 5) is 0. The molecule has 2 aromatic rings. The highest BCUT2D eigenvalue weighted by molar-refractivity contribution is 5.33. The van der Waals surface area contributed by atoms with Crippen molar-refractivity contribution in [1.82, 2.24) is 5.32 Å². The van der Waals surface area contributed by atoms with Crippen molar-refractivity contribution >= 4 is 0 Å². The third-order valence-electron chi connectivity index (χ3n) is 3.69. The lowest BCUT2D eigenvalue weighted by Crippen LogP contribution is -2.19. The predicted molar refractivity (Wildman–Crippen MR) is 76.9 cm³/mol. The number of aryl methyl sites for hydroxylation is 2. The summed E-state index contributed by atoms with van der Waals surface area (Å²) in [5.41, 5.74) is 5.10. The summed E-state index contributed by atoms with van der Waals surface area (Å²) in [5.74, 6) is 0. The molecule has 0 bridgehead atoms. The molecular weight excluding hydrogens is 234 g/mol. The van der Waals surface area contributed by atoms with Gasteiger partial charge in [-0.25, -0.2) is 0 Å². The van der Waals surface area contributed by atoms with Gasteiger partial charge in [0.05, 0.1) is 12.6 Å². The van der Waals surface area contributed by atoms with E-state index in [-0.39, 0.29) is 12.3 Å². The van der Waals surface area contributed by atoms with Crippen LogP contribution in [-0.2, 0) is 4.74 Å². The van der Waals surface area contributed by atoms with Gasteiger partial charge < -0.3 is 4.74 Å². The minimum Gasteiger partial charge on any atom is -0.357 e. The Morgan fingerprint density at radius 3 is 2.58 bits per heavy atom. The quantitative estimate of drug-likeness (QED) is 0.882. The van der Waals surface area contributed by atoms with Crippen LogP contribution in [0.3, 0.4) is 0 Å². The number of ether oxygens (including phenoxy) is 1. The molecule has 1 N–H and O–H groups in total. The van der Waals surface area contributed by atoms with E-state index in [1.807, 2.05) is 6.07 Å². The fraction of sp³-hybridized carbons (Fsp3) is 0.294. The van der Waals surface area contributed by atoms with Crippen molar-refractivity contribution in [3.05, 3.63) is 70.8 Å². The molecule has 2 heteroatoms. The molecule has 3 rings (SSSR count). The molecule has 2 nitrogen and oxygen atoms in total. The highest BCUT2D eigenvalue weighted by Crippen LogP contribution is 2.30. The maximum Gasteiger partial charge on any atom is 0.135 e. The van der Waals surface area contributed by atoms with Gasteiger partial charge in [-0.3, -0.25) is 5.32 Å². The Balaban J connectivity index is 1.79. The predicted octanol–water partition coefficient (Wildman–Crippen LogP) is 3.66. The molecule has 1 heterocycles. The van der Waals surface area contributed by atoms with Gasteiger partial charge in [-0.2, -0.15) is 0 Å². The first-order valence-corrected chi connectivity index (χ1v) is 6.74. The van der Waals surface area contributed by atoms with Crippen molar-refractivity contribution < 1.29 is 4.74 Å². The lowest BCUT2D eigenvalue weighted by molar-refractivity contribution is 0.100. The molecule has 0 spiro atoms. The maximum absolute atomic E-state index is 5.92. The molecule has 2 aromatic carbocycles. The molecule has 1 fully saturated rings. The largest absolute Gasteiger partial charge is 0.357 e. The molecule has 98 valence electrons. The standard InChI is InChI=1S/C17H19NO/c1-12-8-9-15(13(2)10-12)17-18-16(11-19-17)14-6-4-3-5-7-14/h3-10,16-18H,11H2,1-2H3. The van der Waals surface area contributed by atoms with Crippen molar-refractivity contribution in [3.63, 3.8) is 0 Å². The highest BCUT2D eigenvalue weighted by Gasteiger charge is 2.27. The first kappa shape index (κ1) is 12.4. The summed E-state index contributed by atoms with van der Waals surface area (Å²) in [6, 6.07) is 17.3. The van der Waals surface area contributed by atoms with Crippen molar-refractivity contribution in [3.8, 4) is 0 Å². The van der Waals surface area contributed by atoms with Crippen LogP contribution >= 0.6 is 0 Å². The number of hydrogen-bond donors (Lipinski definition) is 1. The Hall–Kier alpha value is -1.64. The Bertz CT molecular complexity index is 565. The lowest BCUT2D eigenvalue weighted by Gasteiger charge is -2.15. The van der Waals surface area contributed by atoms with Gasteiger partial charge in [0.1, 0.15) is 6.23 Å². The Morgan fingerprint density at radius 1 is 1.05 bits per heavy atom. The number of nitrogens with one attached hydrogen (secondary N) is 1. The summed E-state index contributed by atoms with van der Waals surface area (Å²) < 4.78 is 5.92. The average molecular weight is 253 g/mol. The van der Waals surface area contributed by atoms with E-state index in [2.05, 4.69) is 61.6 Å². The van der Waals surface area contributed by atoms with E-state index in [9.17, 15) is 0 Å². The molecule has 0 aliphatic carbocycles. The number of benzene rings is 2.